The lowest BCUT2D eigenvalue weighted by molar-refractivity contribution is -0.136. The summed E-state index contributed by atoms with van der Waals surface area (Å²) < 4.78 is 5.38. The maximum absolute atomic E-state index is 12.0. The number of aryl methyl sites for hydroxylation is 1. The molecule has 0 unspecified atom stereocenters. The maximum Gasteiger partial charge on any atom is 0.313 e. The molecule has 0 atom stereocenters. The summed E-state index contributed by atoms with van der Waals surface area (Å²) in [5.41, 5.74) is 3.06. The molecule has 7 heteroatoms. The molecule has 2 N–H and O–H groups in total. The quantitative estimate of drug-likeness (QED) is 0.415. The van der Waals surface area contributed by atoms with Crippen LogP contribution < -0.4 is 15.5 Å². The highest BCUT2D eigenvalue weighted by atomic mass is 32.2. The molecule has 2 aromatic carbocycles. The van der Waals surface area contributed by atoms with Crippen LogP contribution in [0.1, 0.15) is 12.0 Å². The van der Waals surface area contributed by atoms with Gasteiger partial charge < -0.3 is 20.3 Å². The fourth-order valence-electron chi connectivity index (χ4n) is 3.16. The van der Waals surface area contributed by atoms with E-state index >= 15 is 0 Å². The summed E-state index contributed by atoms with van der Waals surface area (Å²) in [6.07, 6.45) is 3.59. The summed E-state index contributed by atoms with van der Waals surface area (Å²) in [6.45, 7) is 3.86. The Bertz CT molecular complexity index is 820. The van der Waals surface area contributed by atoms with Crippen molar-refractivity contribution in [2.24, 2.45) is 0 Å². The van der Waals surface area contributed by atoms with Crippen LogP contribution in [0, 0.1) is 0 Å². The van der Waals surface area contributed by atoms with Crippen molar-refractivity contribution in [3.63, 3.8) is 0 Å². The molecule has 3 rings (SSSR count). The molecule has 1 saturated heterocycles. The van der Waals surface area contributed by atoms with Crippen LogP contribution in [0.25, 0.3) is 0 Å². The molecule has 0 radical (unpaired) electrons. The minimum Gasteiger partial charge on any atom is -0.378 e. The molecule has 0 aliphatic carbocycles. The molecular formula is C22H27N3O3S. The van der Waals surface area contributed by atoms with Gasteiger partial charge in [0, 0.05) is 35.9 Å². The highest BCUT2D eigenvalue weighted by Gasteiger charge is 2.13. The summed E-state index contributed by atoms with van der Waals surface area (Å²) in [5.74, 6) is -1.25. The number of benzene rings is 2. The monoisotopic (exact) mass is 413 g/mol. The number of nitrogens with zero attached hydrogens (tertiary/aromatic N) is 1. The van der Waals surface area contributed by atoms with Gasteiger partial charge >= 0.3 is 11.8 Å². The number of nitrogens with one attached hydrogen (secondary N) is 2. The smallest absolute Gasteiger partial charge is 0.313 e. The summed E-state index contributed by atoms with van der Waals surface area (Å²) >= 11 is 1.58. The predicted molar refractivity (Wildman–Crippen MR) is 118 cm³/mol. The Labute approximate surface area is 176 Å². The summed E-state index contributed by atoms with van der Waals surface area (Å²) in [4.78, 5) is 27.4. The fraction of sp³-hybridized carbons (Fsp3) is 0.364. The number of anilines is 2. The van der Waals surface area contributed by atoms with Gasteiger partial charge in [-0.2, -0.15) is 0 Å². The SMILES string of the molecule is CSc1cccc(NC(=O)C(=O)NCCCc2ccc(N3CCOCC3)cc2)c1. The Morgan fingerprint density at radius 1 is 1.07 bits per heavy atom. The number of hydrogen-bond acceptors (Lipinski definition) is 5. The van der Waals surface area contributed by atoms with Crippen molar-refractivity contribution in [3.05, 3.63) is 54.1 Å². The van der Waals surface area contributed by atoms with Gasteiger partial charge in [-0.3, -0.25) is 9.59 Å². The number of carbonyl (C=O) groups excluding carboxylic acids is 2. The van der Waals surface area contributed by atoms with E-state index < -0.39 is 11.8 Å². The third-order valence-corrected chi connectivity index (χ3v) is 5.50. The van der Waals surface area contributed by atoms with Crippen molar-refractivity contribution in [1.82, 2.24) is 5.32 Å². The Hall–Kier alpha value is -2.51. The van der Waals surface area contributed by atoms with E-state index in [-0.39, 0.29) is 0 Å². The number of amides is 2. The first kappa shape index (κ1) is 21.2. The first-order valence-electron chi connectivity index (χ1n) is 9.80. The lowest BCUT2D eigenvalue weighted by atomic mass is 10.1. The molecule has 0 spiro atoms. The maximum atomic E-state index is 12.0. The lowest BCUT2D eigenvalue weighted by Gasteiger charge is -2.28. The van der Waals surface area contributed by atoms with Crippen LogP contribution in [0.2, 0.25) is 0 Å². The molecule has 1 aliphatic rings. The topological polar surface area (TPSA) is 70.7 Å². The molecule has 1 fully saturated rings. The third kappa shape index (κ3) is 6.51. The second-order valence-electron chi connectivity index (χ2n) is 6.81. The van der Waals surface area contributed by atoms with Crippen LogP contribution in [-0.2, 0) is 20.7 Å². The Morgan fingerprint density at radius 2 is 1.83 bits per heavy atom. The normalized spacial score (nSPS) is 13.8. The van der Waals surface area contributed by atoms with Crippen LogP contribution in [0.5, 0.6) is 0 Å². The standard InChI is InChI=1S/C22H27N3O3S/c1-29-20-6-2-5-18(16-20)24-22(27)21(26)23-11-3-4-17-7-9-19(10-8-17)25-12-14-28-15-13-25/h2,5-10,16H,3-4,11-15H2,1H3,(H,23,26)(H,24,27). The fourth-order valence-corrected chi connectivity index (χ4v) is 3.62. The van der Waals surface area contributed by atoms with E-state index in [4.69, 9.17) is 4.74 Å². The molecular weight excluding hydrogens is 386 g/mol. The van der Waals surface area contributed by atoms with Gasteiger partial charge in [-0.05, 0) is 55.0 Å². The van der Waals surface area contributed by atoms with Crippen LogP contribution in [0.4, 0.5) is 11.4 Å². The van der Waals surface area contributed by atoms with Crippen LogP contribution in [0.3, 0.4) is 0 Å². The van der Waals surface area contributed by atoms with Crippen molar-refractivity contribution >= 4 is 35.0 Å². The first-order valence-corrected chi connectivity index (χ1v) is 11.0. The minimum absolute atomic E-state index is 0.461. The number of ether oxygens (including phenoxy) is 1. The number of carbonyl (C=O) groups is 2. The predicted octanol–water partition coefficient (Wildman–Crippen LogP) is 2.93. The number of thioether (sulfide) groups is 1. The largest absolute Gasteiger partial charge is 0.378 e. The molecule has 154 valence electrons. The molecule has 0 aromatic heterocycles. The van der Waals surface area contributed by atoms with Crippen molar-refractivity contribution in [2.45, 2.75) is 17.7 Å². The number of hydrogen-bond donors (Lipinski definition) is 2. The zero-order chi connectivity index (χ0) is 20.5. The lowest BCUT2D eigenvalue weighted by Crippen LogP contribution is -2.36. The van der Waals surface area contributed by atoms with Crippen LogP contribution in [-0.4, -0.2) is 50.9 Å². The van der Waals surface area contributed by atoms with E-state index in [0.29, 0.717) is 12.2 Å². The molecule has 2 amide bonds. The van der Waals surface area contributed by atoms with Gasteiger partial charge in [-0.15, -0.1) is 11.8 Å². The third-order valence-electron chi connectivity index (χ3n) is 4.77. The van der Waals surface area contributed by atoms with Gasteiger partial charge in [0.05, 0.1) is 13.2 Å². The van der Waals surface area contributed by atoms with Crippen molar-refractivity contribution in [2.75, 3.05) is 49.3 Å². The Kier molecular flexibility index (Phi) is 7.95. The second kappa shape index (κ2) is 10.9. The van der Waals surface area contributed by atoms with Gasteiger partial charge in [0.15, 0.2) is 0 Å². The zero-order valence-electron chi connectivity index (χ0n) is 16.6. The molecule has 29 heavy (non-hydrogen) atoms. The van der Waals surface area contributed by atoms with Crippen LogP contribution >= 0.6 is 11.8 Å². The minimum atomic E-state index is -0.641. The van der Waals surface area contributed by atoms with E-state index in [0.717, 1.165) is 44.0 Å². The van der Waals surface area contributed by atoms with Crippen molar-refractivity contribution in [3.8, 4) is 0 Å². The average Bonchev–Trinajstić information content (AvgIpc) is 2.77. The first-order chi connectivity index (χ1) is 14.2. The molecule has 1 heterocycles. The summed E-state index contributed by atoms with van der Waals surface area (Å²) in [5, 5.41) is 5.32. The average molecular weight is 414 g/mol. The highest BCUT2D eigenvalue weighted by Crippen LogP contribution is 2.19. The van der Waals surface area contributed by atoms with Gasteiger partial charge in [-0.25, -0.2) is 0 Å². The summed E-state index contributed by atoms with van der Waals surface area (Å²) in [7, 11) is 0. The van der Waals surface area contributed by atoms with E-state index in [1.54, 1.807) is 17.8 Å². The number of morpholine rings is 1. The second-order valence-corrected chi connectivity index (χ2v) is 7.69. The van der Waals surface area contributed by atoms with Crippen molar-refractivity contribution in [1.29, 1.82) is 0 Å². The Balaban J connectivity index is 1.38. The van der Waals surface area contributed by atoms with E-state index in [2.05, 4.69) is 39.8 Å². The van der Waals surface area contributed by atoms with Gasteiger partial charge in [0.25, 0.3) is 0 Å². The zero-order valence-corrected chi connectivity index (χ0v) is 17.5. The summed E-state index contributed by atoms with van der Waals surface area (Å²) in [6, 6.07) is 15.9. The molecule has 1 aliphatic heterocycles. The van der Waals surface area contributed by atoms with Gasteiger partial charge in [0.1, 0.15) is 0 Å². The van der Waals surface area contributed by atoms with Crippen molar-refractivity contribution < 1.29 is 14.3 Å². The number of rotatable bonds is 7. The Morgan fingerprint density at radius 3 is 2.55 bits per heavy atom. The van der Waals surface area contributed by atoms with E-state index in [1.165, 1.54) is 11.3 Å². The van der Waals surface area contributed by atoms with E-state index in [1.807, 2.05) is 24.5 Å². The van der Waals surface area contributed by atoms with E-state index in [9.17, 15) is 9.59 Å². The molecule has 0 bridgehead atoms. The van der Waals surface area contributed by atoms with Gasteiger partial charge in [0.2, 0.25) is 0 Å². The van der Waals surface area contributed by atoms with Gasteiger partial charge in [-0.1, -0.05) is 18.2 Å². The molecule has 0 saturated carbocycles. The molecule has 6 nitrogen and oxygen atoms in total. The van der Waals surface area contributed by atoms with Crippen LogP contribution in [0.15, 0.2) is 53.4 Å². The highest BCUT2D eigenvalue weighted by molar-refractivity contribution is 7.98. The molecule has 2 aromatic rings.